The minimum atomic E-state index is -0.580. The summed E-state index contributed by atoms with van der Waals surface area (Å²) in [6.45, 7) is 0. The Morgan fingerprint density at radius 3 is 2.73 bits per heavy atom. The second-order valence-electron chi connectivity index (χ2n) is 6.58. The van der Waals surface area contributed by atoms with E-state index in [1.807, 2.05) is 48.7 Å². The molecule has 26 heavy (non-hydrogen) atoms. The van der Waals surface area contributed by atoms with Crippen LogP contribution in [0.5, 0.6) is 0 Å². The smallest absolute Gasteiger partial charge is 0.147 e. The number of benzene rings is 1. The van der Waals surface area contributed by atoms with Crippen LogP contribution in [-0.4, -0.2) is 24.9 Å². The summed E-state index contributed by atoms with van der Waals surface area (Å²) < 4.78 is 1.78. The highest BCUT2D eigenvalue weighted by molar-refractivity contribution is 5.98. The molecular formula is C21H18N4O. The van der Waals surface area contributed by atoms with Crippen molar-refractivity contribution in [3.63, 3.8) is 0 Å². The summed E-state index contributed by atoms with van der Waals surface area (Å²) in [6, 6.07) is 16.0. The van der Waals surface area contributed by atoms with Gasteiger partial charge >= 0.3 is 0 Å². The number of aromatic nitrogens is 4. The van der Waals surface area contributed by atoms with Gasteiger partial charge in [-0.15, -0.1) is 0 Å². The molecule has 0 radical (unpaired) electrons. The number of rotatable bonds is 2. The van der Waals surface area contributed by atoms with Crippen molar-refractivity contribution in [2.75, 3.05) is 0 Å². The fraction of sp³-hybridized carbons (Fsp3) is 0.190. The van der Waals surface area contributed by atoms with Gasteiger partial charge in [-0.25, -0.2) is 4.68 Å². The predicted octanol–water partition coefficient (Wildman–Crippen LogP) is 3.99. The summed E-state index contributed by atoms with van der Waals surface area (Å²) in [5.74, 6) is 0. The molecule has 0 saturated heterocycles. The number of para-hydroxylation sites is 1. The van der Waals surface area contributed by atoms with E-state index < -0.39 is 6.23 Å². The van der Waals surface area contributed by atoms with Crippen molar-refractivity contribution >= 4 is 10.9 Å². The number of nitrogens with zero attached hydrogens (tertiary/aromatic N) is 4. The fourth-order valence-electron chi connectivity index (χ4n) is 3.81. The van der Waals surface area contributed by atoms with Crippen molar-refractivity contribution in [1.82, 2.24) is 19.7 Å². The van der Waals surface area contributed by atoms with Gasteiger partial charge in [0.25, 0.3) is 0 Å². The van der Waals surface area contributed by atoms with Crippen LogP contribution in [-0.2, 0) is 6.42 Å². The van der Waals surface area contributed by atoms with Crippen LogP contribution in [0.4, 0.5) is 0 Å². The van der Waals surface area contributed by atoms with Crippen LogP contribution >= 0.6 is 0 Å². The molecule has 1 unspecified atom stereocenters. The molecule has 4 heterocycles. The first-order chi connectivity index (χ1) is 12.8. The lowest BCUT2D eigenvalue weighted by atomic mass is 9.94. The zero-order chi connectivity index (χ0) is 17.5. The third kappa shape index (κ3) is 2.32. The molecule has 0 amide bonds. The van der Waals surface area contributed by atoms with E-state index >= 15 is 0 Å². The Balaban J connectivity index is 1.85. The lowest BCUT2D eigenvalue weighted by Gasteiger charge is -2.20. The molecule has 1 aromatic carbocycles. The van der Waals surface area contributed by atoms with E-state index in [9.17, 15) is 5.11 Å². The highest BCUT2D eigenvalue weighted by Gasteiger charge is 2.28. The van der Waals surface area contributed by atoms with Gasteiger partial charge in [0.15, 0.2) is 0 Å². The van der Waals surface area contributed by atoms with Crippen molar-refractivity contribution in [2.24, 2.45) is 0 Å². The summed E-state index contributed by atoms with van der Waals surface area (Å²) in [4.78, 5) is 9.00. The van der Waals surface area contributed by atoms with E-state index in [0.29, 0.717) is 0 Å². The van der Waals surface area contributed by atoms with Gasteiger partial charge in [-0.1, -0.05) is 24.3 Å². The lowest BCUT2D eigenvalue weighted by Crippen LogP contribution is -2.18. The highest BCUT2D eigenvalue weighted by Crippen LogP contribution is 2.40. The number of pyridine rings is 2. The van der Waals surface area contributed by atoms with Crippen molar-refractivity contribution in [3.8, 4) is 22.5 Å². The standard InChI is InChI=1S/C21H18N4O/c26-19-10-5-9-18-20(15-11-13-23-16-7-2-1-6-14(15)16)21(24-25(18)19)17-8-3-4-12-22-17/h1-4,6-8,11-13,19,26H,5,9-10H2. The van der Waals surface area contributed by atoms with Gasteiger partial charge in [-0.2, -0.15) is 5.10 Å². The van der Waals surface area contributed by atoms with Crippen LogP contribution in [0.1, 0.15) is 24.8 Å². The van der Waals surface area contributed by atoms with Crippen LogP contribution in [0.3, 0.4) is 0 Å². The number of fused-ring (bicyclic) bond motifs is 2. The average molecular weight is 342 g/mol. The molecule has 0 saturated carbocycles. The summed E-state index contributed by atoms with van der Waals surface area (Å²) >= 11 is 0. The van der Waals surface area contributed by atoms with Gasteiger partial charge in [0.05, 0.1) is 11.2 Å². The second-order valence-corrected chi connectivity index (χ2v) is 6.58. The molecular weight excluding hydrogens is 324 g/mol. The van der Waals surface area contributed by atoms with Crippen molar-refractivity contribution in [1.29, 1.82) is 0 Å². The Hall–Kier alpha value is -3.05. The summed E-state index contributed by atoms with van der Waals surface area (Å²) in [7, 11) is 0. The van der Waals surface area contributed by atoms with Gasteiger partial charge < -0.3 is 5.11 Å². The van der Waals surface area contributed by atoms with Gasteiger partial charge in [0.1, 0.15) is 11.9 Å². The topological polar surface area (TPSA) is 63.8 Å². The van der Waals surface area contributed by atoms with E-state index in [4.69, 9.17) is 5.10 Å². The van der Waals surface area contributed by atoms with Gasteiger partial charge in [-0.05, 0) is 49.1 Å². The van der Waals surface area contributed by atoms with Crippen molar-refractivity contribution < 1.29 is 5.11 Å². The first kappa shape index (κ1) is 15.2. The minimum Gasteiger partial charge on any atom is -0.372 e. The molecule has 1 aliphatic rings. The third-order valence-electron chi connectivity index (χ3n) is 4.99. The lowest BCUT2D eigenvalue weighted by molar-refractivity contribution is 0.0659. The number of aliphatic hydroxyl groups is 1. The van der Waals surface area contributed by atoms with Crippen LogP contribution in [0, 0.1) is 0 Å². The Labute approximate surface area is 151 Å². The first-order valence-corrected chi connectivity index (χ1v) is 8.88. The molecule has 1 N–H and O–H groups in total. The molecule has 0 fully saturated rings. The first-order valence-electron chi connectivity index (χ1n) is 8.88. The maximum Gasteiger partial charge on any atom is 0.147 e. The van der Waals surface area contributed by atoms with E-state index in [-0.39, 0.29) is 0 Å². The van der Waals surface area contributed by atoms with Gasteiger partial charge in [-0.3, -0.25) is 9.97 Å². The quantitative estimate of drug-likeness (QED) is 0.598. The Bertz CT molecular complexity index is 1080. The van der Waals surface area contributed by atoms with Crippen LogP contribution in [0.2, 0.25) is 0 Å². The molecule has 1 atom stereocenters. The maximum atomic E-state index is 10.5. The zero-order valence-corrected chi connectivity index (χ0v) is 14.2. The van der Waals surface area contributed by atoms with E-state index in [0.717, 1.165) is 58.4 Å². The number of hydrogen-bond acceptors (Lipinski definition) is 4. The molecule has 1 aliphatic heterocycles. The number of hydrogen-bond donors (Lipinski definition) is 1. The summed E-state index contributed by atoms with van der Waals surface area (Å²) in [5.41, 5.74) is 5.80. The molecule has 4 aromatic rings. The van der Waals surface area contributed by atoms with E-state index in [2.05, 4.69) is 16.0 Å². The van der Waals surface area contributed by atoms with E-state index in [1.165, 1.54) is 0 Å². The monoisotopic (exact) mass is 342 g/mol. The van der Waals surface area contributed by atoms with Crippen molar-refractivity contribution in [2.45, 2.75) is 25.5 Å². The average Bonchev–Trinajstić information content (AvgIpc) is 3.09. The molecule has 0 aliphatic carbocycles. The Morgan fingerprint density at radius 1 is 0.962 bits per heavy atom. The molecule has 5 heteroatoms. The largest absolute Gasteiger partial charge is 0.372 e. The van der Waals surface area contributed by atoms with Gasteiger partial charge in [0, 0.05) is 29.0 Å². The normalized spacial score (nSPS) is 16.6. The predicted molar refractivity (Wildman–Crippen MR) is 100 cm³/mol. The van der Waals surface area contributed by atoms with Crippen molar-refractivity contribution in [3.05, 3.63) is 66.6 Å². The maximum absolute atomic E-state index is 10.5. The van der Waals surface area contributed by atoms with E-state index in [1.54, 1.807) is 10.9 Å². The molecule has 0 bridgehead atoms. The molecule has 5 nitrogen and oxygen atoms in total. The molecule has 5 rings (SSSR count). The highest BCUT2D eigenvalue weighted by atomic mass is 16.3. The summed E-state index contributed by atoms with van der Waals surface area (Å²) in [6.07, 6.45) is 5.60. The third-order valence-corrected chi connectivity index (χ3v) is 4.99. The Morgan fingerprint density at radius 2 is 1.85 bits per heavy atom. The van der Waals surface area contributed by atoms with Crippen LogP contribution in [0.15, 0.2) is 60.9 Å². The Kier molecular flexibility index (Phi) is 3.53. The molecule has 0 spiro atoms. The second kappa shape index (κ2) is 6.04. The molecule has 3 aromatic heterocycles. The number of aliphatic hydroxyl groups excluding tert-OH is 1. The zero-order valence-electron chi connectivity index (χ0n) is 14.2. The molecule has 128 valence electrons. The fourth-order valence-corrected chi connectivity index (χ4v) is 3.81. The van der Waals surface area contributed by atoms with Crippen LogP contribution in [0.25, 0.3) is 33.4 Å². The van der Waals surface area contributed by atoms with Crippen LogP contribution < -0.4 is 0 Å². The summed E-state index contributed by atoms with van der Waals surface area (Å²) in [5, 5.41) is 16.3. The SMILES string of the molecule is OC1CCCc2c(-c3ccnc4ccccc34)c(-c3ccccn3)nn21. The minimum absolute atomic E-state index is 0.580. The van der Waals surface area contributed by atoms with Gasteiger partial charge in [0.2, 0.25) is 0 Å².